The summed E-state index contributed by atoms with van der Waals surface area (Å²) in [5.74, 6) is -0.572. The van der Waals surface area contributed by atoms with Crippen molar-refractivity contribution in [3.05, 3.63) is 24.3 Å². The van der Waals surface area contributed by atoms with E-state index in [-0.39, 0.29) is 30.5 Å². The van der Waals surface area contributed by atoms with Crippen LogP contribution in [-0.4, -0.2) is 49.1 Å². The average Bonchev–Trinajstić information content (AvgIpc) is 2.96. The highest BCUT2D eigenvalue weighted by Gasteiger charge is 2.45. The van der Waals surface area contributed by atoms with E-state index in [1.165, 1.54) is 4.31 Å². The van der Waals surface area contributed by atoms with Crippen LogP contribution in [0.2, 0.25) is 0 Å². The average molecular weight is 382 g/mol. The number of carbonyl (C=O) groups excluding carboxylic acids is 1. The van der Waals surface area contributed by atoms with Crippen LogP contribution in [0.25, 0.3) is 0 Å². The Hall–Kier alpha value is -1.68. The minimum absolute atomic E-state index is 0.187. The van der Waals surface area contributed by atoms with Gasteiger partial charge in [-0.05, 0) is 38.8 Å². The van der Waals surface area contributed by atoms with Crippen molar-refractivity contribution in [2.24, 2.45) is 5.92 Å². The molecule has 5 N–H and O–H groups in total. The maximum atomic E-state index is 13.1. The van der Waals surface area contributed by atoms with Gasteiger partial charge in [-0.3, -0.25) is 15.6 Å². The summed E-state index contributed by atoms with van der Waals surface area (Å²) in [6.07, 6.45) is 1.33. The third kappa shape index (κ3) is 3.71. The second-order valence-corrected chi connectivity index (χ2v) is 9.24. The van der Waals surface area contributed by atoms with Crippen LogP contribution in [0.5, 0.6) is 0 Å². The summed E-state index contributed by atoms with van der Waals surface area (Å²) in [5.41, 5.74) is 12.9. The SMILES string of the molecule is CC1NNC(C)C1S(=O)(=O)N1CCCC(C(=O)Nc2ccccc2N)C1. The van der Waals surface area contributed by atoms with Crippen LogP contribution in [0.1, 0.15) is 26.7 Å². The maximum Gasteiger partial charge on any atom is 0.228 e. The lowest BCUT2D eigenvalue weighted by molar-refractivity contribution is -0.120. The lowest BCUT2D eigenvalue weighted by atomic mass is 9.98. The normalized spacial score (nSPS) is 30.2. The maximum absolute atomic E-state index is 13.1. The van der Waals surface area contributed by atoms with Crippen LogP contribution in [0, 0.1) is 5.92 Å². The topological polar surface area (TPSA) is 117 Å². The molecule has 0 aliphatic carbocycles. The Balaban J connectivity index is 1.71. The molecule has 2 fully saturated rings. The van der Waals surface area contributed by atoms with Crippen molar-refractivity contribution in [3.63, 3.8) is 0 Å². The fourth-order valence-corrected chi connectivity index (χ4v) is 6.06. The summed E-state index contributed by atoms with van der Waals surface area (Å²) in [6, 6.07) is 6.68. The molecule has 0 radical (unpaired) electrons. The van der Waals surface area contributed by atoms with E-state index in [0.717, 1.165) is 0 Å². The van der Waals surface area contributed by atoms with Crippen molar-refractivity contribution in [1.29, 1.82) is 0 Å². The predicted octanol–water partition coefficient (Wildman–Crippen LogP) is 0.503. The zero-order chi connectivity index (χ0) is 18.9. The first-order valence-electron chi connectivity index (χ1n) is 8.96. The summed E-state index contributed by atoms with van der Waals surface area (Å²) >= 11 is 0. The molecular formula is C17H27N5O3S. The van der Waals surface area contributed by atoms with Crippen molar-refractivity contribution in [2.45, 2.75) is 44.0 Å². The molecule has 9 heteroatoms. The zero-order valence-corrected chi connectivity index (χ0v) is 15.9. The lowest BCUT2D eigenvalue weighted by Gasteiger charge is -2.34. The number of nitrogens with zero attached hydrogens (tertiary/aromatic N) is 1. The summed E-state index contributed by atoms with van der Waals surface area (Å²) in [5, 5.41) is 2.28. The third-order valence-electron chi connectivity index (χ3n) is 5.20. The van der Waals surface area contributed by atoms with Gasteiger partial charge in [-0.15, -0.1) is 0 Å². The van der Waals surface area contributed by atoms with E-state index in [2.05, 4.69) is 16.2 Å². The fraction of sp³-hybridized carbons (Fsp3) is 0.588. The molecule has 26 heavy (non-hydrogen) atoms. The molecule has 3 atom stereocenters. The molecule has 3 rings (SSSR count). The molecule has 2 heterocycles. The van der Waals surface area contributed by atoms with Crippen LogP contribution in [0.15, 0.2) is 24.3 Å². The van der Waals surface area contributed by atoms with Crippen molar-refractivity contribution in [3.8, 4) is 0 Å². The molecule has 1 aromatic rings. The lowest BCUT2D eigenvalue weighted by Crippen LogP contribution is -2.51. The number of rotatable bonds is 4. The first-order chi connectivity index (χ1) is 12.3. The smallest absolute Gasteiger partial charge is 0.228 e. The molecule has 1 aromatic carbocycles. The number of hydrogen-bond acceptors (Lipinski definition) is 6. The summed E-state index contributed by atoms with van der Waals surface area (Å²) < 4.78 is 27.6. The second-order valence-electron chi connectivity index (χ2n) is 7.15. The van der Waals surface area contributed by atoms with Crippen LogP contribution >= 0.6 is 0 Å². The molecule has 3 unspecified atom stereocenters. The highest BCUT2D eigenvalue weighted by atomic mass is 32.2. The summed E-state index contributed by atoms with van der Waals surface area (Å²) in [4.78, 5) is 12.6. The molecule has 2 saturated heterocycles. The second kappa shape index (κ2) is 7.51. The Morgan fingerprint density at radius 1 is 1.23 bits per heavy atom. The van der Waals surface area contributed by atoms with Crippen molar-refractivity contribution < 1.29 is 13.2 Å². The number of piperidine rings is 1. The summed E-state index contributed by atoms with van der Waals surface area (Å²) in [6.45, 7) is 4.36. The highest BCUT2D eigenvalue weighted by molar-refractivity contribution is 7.89. The van der Waals surface area contributed by atoms with Gasteiger partial charge in [-0.1, -0.05) is 12.1 Å². The zero-order valence-electron chi connectivity index (χ0n) is 15.1. The van der Waals surface area contributed by atoms with Crippen molar-refractivity contribution in [2.75, 3.05) is 24.1 Å². The number of carbonyl (C=O) groups is 1. The Morgan fingerprint density at radius 3 is 2.54 bits per heavy atom. The van der Waals surface area contributed by atoms with Gasteiger partial charge in [0.05, 0.1) is 17.3 Å². The Bertz CT molecular complexity index is 759. The number of benzene rings is 1. The van der Waals surface area contributed by atoms with Gasteiger partial charge in [0.25, 0.3) is 0 Å². The predicted molar refractivity (Wildman–Crippen MR) is 102 cm³/mol. The minimum Gasteiger partial charge on any atom is -0.397 e. The molecule has 0 bridgehead atoms. The first kappa shape index (κ1) is 19.1. The molecule has 8 nitrogen and oxygen atoms in total. The van der Waals surface area contributed by atoms with E-state index < -0.39 is 15.3 Å². The molecule has 0 spiro atoms. The van der Waals surface area contributed by atoms with Gasteiger partial charge in [0.15, 0.2) is 0 Å². The molecule has 2 aliphatic rings. The minimum atomic E-state index is -3.50. The molecule has 0 aromatic heterocycles. The van der Waals surface area contributed by atoms with E-state index >= 15 is 0 Å². The Morgan fingerprint density at radius 2 is 1.88 bits per heavy atom. The number of hydrazine groups is 1. The largest absolute Gasteiger partial charge is 0.397 e. The fourth-order valence-electron chi connectivity index (χ4n) is 3.78. The van der Waals surface area contributed by atoms with E-state index in [4.69, 9.17) is 5.73 Å². The molecule has 2 aliphatic heterocycles. The highest BCUT2D eigenvalue weighted by Crippen LogP contribution is 2.27. The third-order valence-corrected chi connectivity index (χ3v) is 7.76. The van der Waals surface area contributed by atoms with Crippen LogP contribution in [0.4, 0.5) is 11.4 Å². The number of sulfonamides is 1. The number of nitrogens with one attached hydrogen (secondary N) is 3. The van der Waals surface area contributed by atoms with Crippen molar-refractivity contribution >= 4 is 27.3 Å². The molecule has 144 valence electrons. The number of hydrogen-bond donors (Lipinski definition) is 4. The van der Waals surface area contributed by atoms with Gasteiger partial charge in [-0.2, -0.15) is 0 Å². The van der Waals surface area contributed by atoms with Crippen molar-refractivity contribution in [1.82, 2.24) is 15.2 Å². The van der Waals surface area contributed by atoms with Gasteiger partial charge in [0.1, 0.15) is 5.25 Å². The molecule has 0 saturated carbocycles. The van der Waals surface area contributed by atoms with Gasteiger partial charge in [0, 0.05) is 25.2 Å². The van der Waals surface area contributed by atoms with Gasteiger partial charge >= 0.3 is 0 Å². The number of nitrogens with two attached hydrogens (primary N) is 1. The number of para-hydroxylation sites is 2. The van der Waals surface area contributed by atoms with Crippen LogP contribution in [0.3, 0.4) is 0 Å². The van der Waals surface area contributed by atoms with Crippen LogP contribution in [-0.2, 0) is 14.8 Å². The Kier molecular flexibility index (Phi) is 5.52. The number of amides is 1. The first-order valence-corrected chi connectivity index (χ1v) is 10.5. The van der Waals surface area contributed by atoms with E-state index in [1.807, 2.05) is 13.8 Å². The number of nitrogen functional groups attached to an aromatic ring is 1. The van der Waals surface area contributed by atoms with Gasteiger partial charge in [-0.25, -0.2) is 12.7 Å². The van der Waals surface area contributed by atoms with Crippen LogP contribution < -0.4 is 21.9 Å². The van der Waals surface area contributed by atoms with Gasteiger partial charge < -0.3 is 11.1 Å². The quantitative estimate of drug-likeness (QED) is 0.565. The summed E-state index contributed by atoms with van der Waals surface area (Å²) in [7, 11) is -3.50. The standard InChI is InChI=1S/C17H27N5O3S/c1-11-16(12(2)21-20-11)26(24,25)22-9-5-6-13(10-22)17(23)19-15-8-4-3-7-14(15)18/h3-4,7-8,11-13,16,20-21H,5-6,9-10,18H2,1-2H3,(H,19,23). The van der Waals surface area contributed by atoms with E-state index in [9.17, 15) is 13.2 Å². The van der Waals surface area contributed by atoms with Gasteiger partial charge in [0.2, 0.25) is 15.9 Å². The molecular weight excluding hydrogens is 354 g/mol. The van der Waals surface area contributed by atoms with E-state index in [0.29, 0.717) is 30.8 Å². The monoisotopic (exact) mass is 381 g/mol. The molecule has 1 amide bonds. The Labute approximate surface area is 154 Å². The number of anilines is 2. The van der Waals surface area contributed by atoms with E-state index in [1.54, 1.807) is 24.3 Å².